The van der Waals surface area contributed by atoms with Crippen molar-refractivity contribution in [3.63, 3.8) is 0 Å². The Kier molecular flexibility index (Phi) is 3.67. The quantitative estimate of drug-likeness (QED) is 0.615. The summed E-state index contributed by atoms with van der Waals surface area (Å²) in [4.78, 5) is 4.76. The first kappa shape index (κ1) is 14.7. The largest absolute Gasteiger partial charge is 0.458 e. The molecule has 0 unspecified atom stereocenters. The molecule has 0 aliphatic rings. The fourth-order valence-electron chi connectivity index (χ4n) is 2.94. The zero-order valence-corrected chi connectivity index (χ0v) is 13.4. The summed E-state index contributed by atoms with van der Waals surface area (Å²) in [5.41, 5.74) is 3.95. The van der Waals surface area contributed by atoms with Crippen LogP contribution in [0.5, 0.6) is 0 Å². The number of hydrogen-bond acceptors (Lipinski definition) is 3. The number of furan rings is 1. The number of benzene rings is 2. The summed E-state index contributed by atoms with van der Waals surface area (Å²) in [7, 11) is 0. The summed E-state index contributed by atoms with van der Waals surface area (Å²) in [6.45, 7) is 2.64. The van der Waals surface area contributed by atoms with Crippen LogP contribution in [-0.2, 0) is 13.2 Å². The molecule has 0 amide bonds. The van der Waals surface area contributed by atoms with Crippen LogP contribution in [0.1, 0.15) is 16.9 Å². The van der Waals surface area contributed by atoms with Crippen molar-refractivity contribution in [3.05, 3.63) is 77.6 Å². The molecule has 0 bridgehead atoms. The Bertz CT molecular complexity index is 983. The number of nitrogens with zero attached hydrogens (tertiary/aromatic N) is 2. The molecule has 2 aromatic heterocycles. The molecule has 4 nitrogen and oxygen atoms in total. The predicted octanol–water partition coefficient (Wildman–Crippen LogP) is 4.15. The summed E-state index contributed by atoms with van der Waals surface area (Å²) >= 11 is 0. The van der Waals surface area contributed by atoms with Gasteiger partial charge < -0.3 is 14.1 Å². The second-order valence-electron chi connectivity index (χ2n) is 5.90. The summed E-state index contributed by atoms with van der Waals surface area (Å²) in [6.07, 6.45) is 0. The highest BCUT2D eigenvalue weighted by Crippen LogP contribution is 2.28. The molecule has 0 fully saturated rings. The van der Waals surface area contributed by atoms with E-state index in [0.717, 1.165) is 33.9 Å². The van der Waals surface area contributed by atoms with Gasteiger partial charge in [0.05, 0.1) is 17.6 Å². The van der Waals surface area contributed by atoms with Gasteiger partial charge in [-0.15, -0.1) is 0 Å². The van der Waals surface area contributed by atoms with Crippen molar-refractivity contribution < 1.29 is 9.52 Å². The van der Waals surface area contributed by atoms with Gasteiger partial charge in [0.1, 0.15) is 5.76 Å². The number of hydrogen-bond donors (Lipinski definition) is 1. The van der Waals surface area contributed by atoms with Crippen molar-refractivity contribution in [1.82, 2.24) is 9.55 Å². The number of rotatable bonds is 4. The highest BCUT2D eigenvalue weighted by atomic mass is 16.3. The number of fused-ring (bicyclic) bond motifs is 1. The smallest absolute Gasteiger partial charge is 0.177 e. The Morgan fingerprint density at radius 3 is 2.54 bits per heavy atom. The third-order valence-electron chi connectivity index (χ3n) is 4.14. The standard InChI is InChI=1S/C20H18N2O2/c1-14-7-10-19(24-14)20-21-17-9-8-16(13-23)11-18(17)22(20)12-15-5-3-2-4-6-15/h2-11,23H,12-13H2,1H3. The molecular weight excluding hydrogens is 300 g/mol. The highest BCUT2D eigenvalue weighted by molar-refractivity contribution is 5.80. The first-order valence-corrected chi connectivity index (χ1v) is 7.95. The van der Waals surface area contributed by atoms with Crippen LogP contribution >= 0.6 is 0 Å². The van der Waals surface area contributed by atoms with Gasteiger partial charge in [-0.05, 0) is 42.3 Å². The minimum absolute atomic E-state index is 0.0155. The Morgan fingerprint density at radius 1 is 1.00 bits per heavy atom. The van der Waals surface area contributed by atoms with Crippen molar-refractivity contribution in [2.45, 2.75) is 20.1 Å². The lowest BCUT2D eigenvalue weighted by Crippen LogP contribution is -2.02. The molecule has 4 aromatic rings. The third-order valence-corrected chi connectivity index (χ3v) is 4.14. The minimum atomic E-state index is 0.0155. The first-order valence-electron chi connectivity index (χ1n) is 7.95. The Balaban J connectivity index is 1.91. The second kappa shape index (κ2) is 5.98. The van der Waals surface area contributed by atoms with E-state index in [2.05, 4.69) is 16.7 Å². The number of aliphatic hydroxyl groups is 1. The van der Waals surface area contributed by atoms with Gasteiger partial charge in [-0.1, -0.05) is 36.4 Å². The van der Waals surface area contributed by atoms with Gasteiger partial charge in [-0.2, -0.15) is 0 Å². The average Bonchev–Trinajstić information content (AvgIpc) is 3.19. The second-order valence-corrected chi connectivity index (χ2v) is 5.90. The molecule has 0 aliphatic heterocycles. The van der Waals surface area contributed by atoms with E-state index in [-0.39, 0.29) is 6.61 Å². The van der Waals surface area contributed by atoms with E-state index in [0.29, 0.717) is 6.54 Å². The predicted molar refractivity (Wildman–Crippen MR) is 93.6 cm³/mol. The molecule has 0 saturated carbocycles. The number of aromatic nitrogens is 2. The Hall–Kier alpha value is -2.85. The molecule has 0 spiro atoms. The average molecular weight is 318 g/mol. The van der Waals surface area contributed by atoms with Gasteiger partial charge in [0.2, 0.25) is 0 Å². The van der Waals surface area contributed by atoms with Gasteiger partial charge in [-0.25, -0.2) is 4.98 Å². The molecular formula is C20H18N2O2. The van der Waals surface area contributed by atoms with Gasteiger partial charge >= 0.3 is 0 Å². The summed E-state index contributed by atoms with van der Waals surface area (Å²) in [6, 6.07) is 20.0. The highest BCUT2D eigenvalue weighted by Gasteiger charge is 2.16. The van der Waals surface area contributed by atoms with Gasteiger partial charge in [0.25, 0.3) is 0 Å². The van der Waals surface area contributed by atoms with E-state index in [9.17, 15) is 5.11 Å². The molecule has 0 atom stereocenters. The summed E-state index contributed by atoms with van der Waals surface area (Å²) in [5.74, 6) is 2.42. The number of aryl methyl sites for hydroxylation is 1. The molecule has 2 aromatic carbocycles. The Morgan fingerprint density at radius 2 is 1.83 bits per heavy atom. The molecule has 4 rings (SSSR count). The van der Waals surface area contributed by atoms with Gasteiger partial charge in [0, 0.05) is 6.54 Å². The van der Waals surface area contributed by atoms with Crippen molar-refractivity contribution in [3.8, 4) is 11.6 Å². The van der Waals surface area contributed by atoms with E-state index < -0.39 is 0 Å². The monoisotopic (exact) mass is 318 g/mol. The van der Waals surface area contributed by atoms with Crippen LogP contribution in [-0.4, -0.2) is 14.7 Å². The van der Waals surface area contributed by atoms with Crippen LogP contribution < -0.4 is 0 Å². The third kappa shape index (κ3) is 2.61. The zero-order valence-electron chi connectivity index (χ0n) is 13.4. The molecule has 4 heteroatoms. The maximum absolute atomic E-state index is 9.46. The zero-order chi connectivity index (χ0) is 16.5. The number of imidazole rings is 1. The topological polar surface area (TPSA) is 51.2 Å². The van der Waals surface area contributed by atoms with Crippen LogP contribution in [0.4, 0.5) is 0 Å². The molecule has 0 saturated heterocycles. The molecule has 1 N–H and O–H groups in total. The lowest BCUT2D eigenvalue weighted by atomic mass is 10.2. The molecule has 120 valence electrons. The first-order chi connectivity index (χ1) is 11.7. The minimum Gasteiger partial charge on any atom is -0.458 e. The van der Waals surface area contributed by atoms with E-state index in [1.165, 1.54) is 5.56 Å². The SMILES string of the molecule is Cc1ccc(-c2nc3ccc(CO)cc3n2Cc2ccccc2)o1. The summed E-state index contributed by atoms with van der Waals surface area (Å²) in [5, 5.41) is 9.46. The normalized spacial score (nSPS) is 11.2. The van der Waals surface area contributed by atoms with Gasteiger partial charge in [0.15, 0.2) is 11.6 Å². The van der Waals surface area contributed by atoms with Crippen LogP contribution in [0.15, 0.2) is 65.1 Å². The molecule has 0 radical (unpaired) electrons. The van der Waals surface area contributed by atoms with E-state index >= 15 is 0 Å². The van der Waals surface area contributed by atoms with Crippen molar-refractivity contribution >= 4 is 11.0 Å². The van der Waals surface area contributed by atoms with Gasteiger partial charge in [-0.3, -0.25) is 0 Å². The molecule has 24 heavy (non-hydrogen) atoms. The van der Waals surface area contributed by atoms with E-state index in [1.54, 1.807) is 0 Å². The molecule has 0 aliphatic carbocycles. The number of aliphatic hydroxyl groups excluding tert-OH is 1. The van der Waals surface area contributed by atoms with Crippen LogP contribution in [0.3, 0.4) is 0 Å². The van der Waals surface area contributed by atoms with Crippen LogP contribution in [0, 0.1) is 6.92 Å². The Labute approximate surface area is 140 Å². The fourth-order valence-corrected chi connectivity index (χ4v) is 2.94. The maximum atomic E-state index is 9.46. The summed E-state index contributed by atoms with van der Waals surface area (Å²) < 4.78 is 7.94. The maximum Gasteiger partial charge on any atom is 0.177 e. The van der Waals surface area contributed by atoms with Crippen LogP contribution in [0.2, 0.25) is 0 Å². The van der Waals surface area contributed by atoms with Crippen molar-refractivity contribution in [2.75, 3.05) is 0 Å². The fraction of sp³-hybridized carbons (Fsp3) is 0.150. The molecule has 2 heterocycles. The van der Waals surface area contributed by atoms with Crippen LogP contribution in [0.25, 0.3) is 22.6 Å². The lowest BCUT2D eigenvalue weighted by molar-refractivity contribution is 0.282. The van der Waals surface area contributed by atoms with E-state index in [1.807, 2.05) is 55.5 Å². The van der Waals surface area contributed by atoms with Crippen molar-refractivity contribution in [2.24, 2.45) is 0 Å². The van der Waals surface area contributed by atoms with E-state index in [4.69, 9.17) is 9.40 Å². The van der Waals surface area contributed by atoms with Crippen molar-refractivity contribution in [1.29, 1.82) is 0 Å². The lowest BCUT2D eigenvalue weighted by Gasteiger charge is -2.09.